The summed E-state index contributed by atoms with van der Waals surface area (Å²) >= 11 is 0. The van der Waals surface area contributed by atoms with Crippen molar-refractivity contribution in [2.24, 2.45) is 0 Å². The molecule has 8 atom stereocenters. The molecular weight excluding hydrogens is 382 g/mol. The fraction of sp³-hybridized carbons (Fsp3) is 0.625. The number of aliphatic hydroxyl groups is 5. The predicted molar refractivity (Wildman–Crippen MR) is 88.1 cm³/mol. The van der Waals surface area contributed by atoms with Crippen LogP contribution in [0, 0.1) is 10.1 Å². The number of nitro groups is 1. The largest absolute Gasteiger partial charge is 0.455 e. The van der Waals surface area contributed by atoms with Gasteiger partial charge in [0.05, 0.1) is 18.1 Å². The van der Waals surface area contributed by atoms with Crippen LogP contribution >= 0.6 is 0 Å². The maximum absolute atomic E-state index is 11.0. The highest BCUT2D eigenvalue weighted by atomic mass is 16.7. The van der Waals surface area contributed by atoms with Crippen molar-refractivity contribution in [3.8, 4) is 5.75 Å². The zero-order valence-corrected chi connectivity index (χ0v) is 14.5. The molecule has 2 saturated heterocycles. The molecule has 12 nitrogen and oxygen atoms in total. The van der Waals surface area contributed by atoms with Crippen molar-refractivity contribution in [3.05, 3.63) is 34.4 Å². The van der Waals surface area contributed by atoms with E-state index in [9.17, 15) is 35.6 Å². The topological polar surface area (TPSA) is 181 Å². The van der Waals surface area contributed by atoms with E-state index >= 15 is 0 Å². The number of rotatable bonds is 5. The van der Waals surface area contributed by atoms with Crippen LogP contribution in [0.4, 0.5) is 5.69 Å². The smallest absolute Gasteiger partial charge is 0.311 e. The van der Waals surface area contributed by atoms with Crippen molar-refractivity contribution in [2.75, 3.05) is 13.2 Å². The van der Waals surface area contributed by atoms with E-state index in [0.29, 0.717) is 0 Å². The minimum absolute atomic E-state index is 0.147. The van der Waals surface area contributed by atoms with Gasteiger partial charge in [-0.1, -0.05) is 12.1 Å². The first-order valence-electron chi connectivity index (χ1n) is 8.48. The molecule has 2 heterocycles. The molecule has 2 fully saturated rings. The Morgan fingerprint density at radius 1 is 0.929 bits per heavy atom. The van der Waals surface area contributed by atoms with Crippen LogP contribution in [0.25, 0.3) is 0 Å². The second-order valence-corrected chi connectivity index (χ2v) is 6.45. The third kappa shape index (κ3) is 4.24. The molecule has 2 aliphatic rings. The summed E-state index contributed by atoms with van der Waals surface area (Å²) in [6, 6.07) is 5.49. The van der Waals surface area contributed by atoms with E-state index in [1.54, 1.807) is 0 Å². The summed E-state index contributed by atoms with van der Waals surface area (Å²) in [7, 11) is 0. The summed E-state index contributed by atoms with van der Waals surface area (Å²) in [4.78, 5) is 10.4. The Bertz CT molecular complexity index is 688. The third-order valence-electron chi connectivity index (χ3n) is 4.50. The summed E-state index contributed by atoms with van der Waals surface area (Å²) in [5.41, 5.74) is -0.336. The Kier molecular flexibility index (Phi) is 6.42. The molecule has 0 saturated carbocycles. The van der Waals surface area contributed by atoms with Crippen LogP contribution < -0.4 is 4.74 Å². The van der Waals surface area contributed by atoms with Crippen LogP contribution in [-0.4, -0.2) is 92.9 Å². The minimum Gasteiger partial charge on any atom is -0.455 e. The monoisotopic (exact) mass is 403 g/mol. The molecule has 12 heteroatoms. The van der Waals surface area contributed by atoms with Gasteiger partial charge in [-0.3, -0.25) is 10.1 Å². The zero-order valence-electron chi connectivity index (χ0n) is 14.5. The van der Waals surface area contributed by atoms with E-state index in [1.807, 2.05) is 0 Å². The summed E-state index contributed by atoms with van der Waals surface area (Å²) in [6.45, 7) is -0.590. The number of para-hydroxylation sites is 2. The first-order valence-corrected chi connectivity index (χ1v) is 8.48. The van der Waals surface area contributed by atoms with Gasteiger partial charge >= 0.3 is 5.69 Å². The average Bonchev–Trinajstić information content (AvgIpc) is 2.68. The first kappa shape index (κ1) is 20.8. The molecule has 0 aromatic heterocycles. The first-order chi connectivity index (χ1) is 13.3. The summed E-state index contributed by atoms with van der Waals surface area (Å²) in [6.07, 6.45) is -11.4. The number of benzene rings is 1. The van der Waals surface area contributed by atoms with Crippen molar-refractivity contribution in [3.63, 3.8) is 0 Å². The number of nitrogens with zero attached hydrogens (tertiary/aromatic N) is 1. The van der Waals surface area contributed by atoms with Gasteiger partial charge in [-0.05, 0) is 6.07 Å². The van der Waals surface area contributed by atoms with Gasteiger partial charge < -0.3 is 44.5 Å². The van der Waals surface area contributed by atoms with E-state index in [4.69, 9.17) is 18.9 Å². The number of hydrogen-bond acceptors (Lipinski definition) is 11. The fourth-order valence-corrected chi connectivity index (χ4v) is 2.90. The molecule has 1 aromatic rings. The highest BCUT2D eigenvalue weighted by molar-refractivity contribution is 5.45. The minimum atomic E-state index is -1.63. The maximum atomic E-state index is 11.0. The van der Waals surface area contributed by atoms with Gasteiger partial charge in [0.2, 0.25) is 6.29 Å². The fourth-order valence-electron chi connectivity index (χ4n) is 2.90. The van der Waals surface area contributed by atoms with Crippen molar-refractivity contribution in [1.82, 2.24) is 0 Å². The molecule has 8 unspecified atom stereocenters. The van der Waals surface area contributed by atoms with E-state index in [-0.39, 0.29) is 24.7 Å². The van der Waals surface area contributed by atoms with E-state index in [0.717, 1.165) is 0 Å². The lowest BCUT2D eigenvalue weighted by molar-refractivity contribution is -0.387. The molecule has 156 valence electrons. The van der Waals surface area contributed by atoms with Crippen molar-refractivity contribution in [2.45, 2.75) is 49.2 Å². The lowest BCUT2D eigenvalue weighted by atomic mass is 10.0. The van der Waals surface area contributed by atoms with Crippen molar-refractivity contribution in [1.29, 1.82) is 0 Å². The van der Waals surface area contributed by atoms with Crippen molar-refractivity contribution < 1.29 is 49.4 Å². The zero-order chi connectivity index (χ0) is 20.4. The number of hydrogen-bond donors (Lipinski definition) is 5. The van der Waals surface area contributed by atoms with Gasteiger partial charge in [0.25, 0.3) is 0 Å². The molecule has 0 aliphatic carbocycles. The van der Waals surface area contributed by atoms with Gasteiger partial charge in [0, 0.05) is 6.07 Å². The lowest BCUT2D eigenvalue weighted by Gasteiger charge is -2.41. The Morgan fingerprint density at radius 3 is 2.29 bits per heavy atom. The molecule has 3 rings (SSSR count). The van der Waals surface area contributed by atoms with Crippen molar-refractivity contribution >= 4 is 5.69 Å². The summed E-state index contributed by atoms with van der Waals surface area (Å²) in [5.74, 6) is -0.147. The summed E-state index contributed by atoms with van der Waals surface area (Å²) < 4.78 is 21.1. The van der Waals surface area contributed by atoms with Gasteiger partial charge in [-0.15, -0.1) is 0 Å². The van der Waals surface area contributed by atoms with Crippen LogP contribution in [0.5, 0.6) is 5.75 Å². The number of aliphatic hydroxyl groups excluding tert-OH is 5. The standard InChI is InChI=1S/C16H21NO11/c18-8-5-25-15(13(21)11(8)19)28-10-6-26-16(14(22)12(10)20)27-9-4-2-1-3-7(9)17(23)24/h1-4,8,10-16,18-22H,5-6H2. The van der Waals surface area contributed by atoms with E-state index in [1.165, 1.54) is 24.3 Å². The quantitative estimate of drug-likeness (QED) is 0.268. The van der Waals surface area contributed by atoms with Crippen LogP contribution in [0.2, 0.25) is 0 Å². The molecule has 1 aromatic carbocycles. The molecular formula is C16H21NO11. The van der Waals surface area contributed by atoms with Gasteiger partial charge in [-0.2, -0.15) is 0 Å². The van der Waals surface area contributed by atoms with Gasteiger partial charge in [-0.25, -0.2) is 0 Å². The van der Waals surface area contributed by atoms with Gasteiger partial charge in [0.1, 0.15) is 36.6 Å². The normalized spacial score (nSPS) is 38.8. The number of ether oxygens (including phenoxy) is 4. The van der Waals surface area contributed by atoms with E-state index < -0.39 is 54.1 Å². The highest BCUT2D eigenvalue weighted by Crippen LogP contribution is 2.30. The van der Waals surface area contributed by atoms with E-state index in [2.05, 4.69) is 0 Å². The Morgan fingerprint density at radius 2 is 1.57 bits per heavy atom. The summed E-state index contributed by atoms with van der Waals surface area (Å²) in [5, 5.41) is 60.5. The van der Waals surface area contributed by atoms with Crippen LogP contribution in [0.1, 0.15) is 0 Å². The SMILES string of the molecule is O=[N+]([O-])c1ccccc1OC1OCC(OC2OCC(O)C(O)C2O)C(O)C1O. The molecule has 0 radical (unpaired) electrons. The Balaban J connectivity index is 1.62. The Hall–Kier alpha value is -1.90. The third-order valence-corrected chi connectivity index (χ3v) is 4.50. The molecule has 0 amide bonds. The van der Waals surface area contributed by atoms with Crippen LogP contribution in [0.15, 0.2) is 24.3 Å². The Labute approximate surface area is 158 Å². The molecule has 0 bridgehead atoms. The van der Waals surface area contributed by atoms with Crippen LogP contribution in [-0.2, 0) is 14.2 Å². The molecule has 0 spiro atoms. The number of nitro benzene ring substituents is 1. The maximum Gasteiger partial charge on any atom is 0.311 e. The van der Waals surface area contributed by atoms with Crippen LogP contribution in [0.3, 0.4) is 0 Å². The van der Waals surface area contributed by atoms with Gasteiger partial charge in [0.15, 0.2) is 12.0 Å². The average molecular weight is 403 g/mol. The molecule has 5 N–H and O–H groups in total. The lowest BCUT2D eigenvalue weighted by Crippen LogP contribution is -2.60. The second kappa shape index (κ2) is 8.63. The highest BCUT2D eigenvalue weighted by Gasteiger charge is 2.45. The predicted octanol–water partition coefficient (Wildman–Crippen LogP) is -2.12. The molecule has 2 aliphatic heterocycles. The second-order valence-electron chi connectivity index (χ2n) is 6.45. The molecule has 28 heavy (non-hydrogen) atoms.